The molecule has 1 aromatic rings. The van der Waals surface area contributed by atoms with Crippen LogP contribution in [0.3, 0.4) is 0 Å². The Morgan fingerprint density at radius 1 is 1.30 bits per heavy atom. The molecule has 2 bridgehead atoms. The summed E-state index contributed by atoms with van der Waals surface area (Å²) in [6, 6.07) is 6.89. The Kier molecular flexibility index (Phi) is 2.89. The normalized spacial score (nSPS) is 31.0. The molecule has 2 N–H and O–H groups in total. The van der Waals surface area contributed by atoms with Crippen LogP contribution in [-0.2, 0) is 6.42 Å². The molecule has 4 rings (SSSR count). The van der Waals surface area contributed by atoms with Crippen molar-refractivity contribution in [3.8, 4) is 0 Å². The minimum atomic E-state index is -0.460. The Labute approximate surface area is 129 Å². The van der Waals surface area contributed by atoms with Crippen molar-refractivity contribution in [3.63, 3.8) is 0 Å². The molecule has 3 nitrogen and oxygen atoms in total. The fourth-order valence-corrected chi connectivity index (χ4v) is 4.11. The number of halogens is 2. The van der Waals surface area contributed by atoms with Crippen LogP contribution in [0.5, 0.6) is 0 Å². The number of nitrogens with zero attached hydrogens (tertiary/aromatic N) is 2. The first-order valence-electron chi connectivity index (χ1n) is 7.28. The quantitative estimate of drug-likeness (QED) is 0.673. The van der Waals surface area contributed by atoms with Gasteiger partial charge in [-0.3, -0.25) is 4.90 Å². The highest BCUT2D eigenvalue weighted by Crippen LogP contribution is 2.53. The van der Waals surface area contributed by atoms with Crippen LogP contribution in [-0.4, -0.2) is 41.5 Å². The zero-order valence-corrected chi connectivity index (χ0v) is 12.9. The summed E-state index contributed by atoms with van der Waals surface area (Å²) in [5.41, 5.74) is 9.52. The Bertz CT molecular complexity index is 546. The summed E-state index contributed by atoms with van der Waals surface area (Å²) in [6.45, 7) is 4.30. The van der Waals surface area contributed by atoms with Gasteiger partial charge in [0, 0.05) is 49.5 Å². The lowest BCUT2D eigenvalue weighted by atomic mass is 9.94. The van der Waals surface area contributed by atoms with Gasteiger partial charge in [0.1, 0.15) is 4.33 Å². The molecule has 2 atom stereocenters. The molecule has 2 unspecified atom stereocenters. The maximum absolute atomic E-state index is 6.17. The van der Waals surface area contributed by atoms with Crippen molar-refractivity contribution in [2.45, 2.75) is 23.2 Å². The van der Waals surface area contributed by atoms with Crippen molar-refractivity contribution in [2.24, 2.45) is 5.92 Å². The van der Waals surface area contributed by atoms with E-state index in [-0.39, 0.29) is 0 Å². The zero-order valence-electron chi connectivity index (χ0n) is 11.4. The van der Waals surface area contributed by atoms with Crippen molar-refractivity contribution in [1.82, 2.24) is 4.90 Å². The van der Waals surface area contributed by atoms with Gasteiger partial charge in [0.15, 0.2) is 0 Å². The van der Waals surface area contributed by atoms with Gasteiger partial charge in [0.25, 0.3) is 0 Å². The van der Waals surface area contributed by atoms with E-state index in [9.17, 15) is 0 Å². The van der Waals surface area contributed by atoms with Gasteiger partial charge in [0.05, 0.1) is 0 Å². The van der Waals surface area contributed by atoms with Gasteiger partial charge >= 0.3 is 0 Å². The summed E-state index contributed by atoms with van der Waals surface area (Å²) in [5.74, 6) is 0.449. The second-order valence-electron chi connectivity index (χ2n) is 6.35. The van der Waals surface area contributed by atoms with Crippen LogP contribution in [0.15, 0.2) is 18.2 Å². The van der Waals surface area contributed by atoms with Gasteiger partial charge in [-0.05, 0) is 30.5 Å². The van der Waals surface area contributed by atoms with Crippen molar-refractivity contribution in [1.29, 1.82) is 0 Å². The largest absolute Gasteiger partial charge is 0.399 e. The standard InChI is InChI=1S/C15H19Cl2N3/c16-15(17)7-11(15)8-19-3-4-20-9-13(19)5-10-1-2-12(18)6-14(10)20/h1-2,6,11,13H,3-5,7-9,18H2. The number of fused-ring (bicyclic) bond motifs is 4. The number of rotatable bonds is 2. The number of anilines is 2. The van der Waals surface area contributed by atoms with Crippen molar-refractivity contribution in [3.05, 3.63) is 23.8 Å². The van der Waals surface area contributed by atoms with Gasteiger partial charge in [-0.25, -0.2) is 0 Å². The SMILES string of the molecule is Nc1ccc2c(c1)N1CCN(CC3CC3(Cl)Cl)C(C2)C1. The molecular weight excluding hydrogens is 293 g/mol. The highest BCUT2D eigenvalue weighted by molar-refractivity contribution is 6.50. The second-order valence-corrected chi connectivity index (χ2v) is 7.89. The molecule has 0 radical (unpaired) electrons. The Balaban J connectivity index is 1.53. The minimum absolute atomic E-state index is 0.449. The van der Waals surface area contributed by atoms with E-state index in [2.05, 4.69) is 21.9 Å². The molecule has 1 saturated carbocycles. The third-order valence-corrected chi connectivity index (χ3v) is 5.85. The van der Waals surface area contributed by atoms with E-state index in [1.54, 1.807) is 0 Å². The predicted molar refractivity (Wildman–Crippen MR) is 84.7 cm³/mol. The maximum atomic E-state index is 6.17. The van der Waals surface area contributed by atoms with Crippen LogP contribution in [0, 0.1) is 5.92 Å². The molecule has 2 fully saturated rings. The van der Waals surface area contributed by atoms with E-state index in [1.165, 1.54) is 11.3 Å². The molecule has 2 heterocycles. The topological polar surface area (TPSA) is 32.5 Å². The molecule has 0 amide bonds. The lowest BCUT2D eigenvalue weighted by Gasteiger charge is -2.47. The first kappa shape index (κ1) is 13.1. The van der Waals surface area contributed by atoms with Crippen LogP contribution < -0.4 is 10.6 Å². The third-order valence-electron chi connectivity index (χ3n) is 4.92. The lowest BCUT2D eigenvalue weighted by Crippen LogP contribution is -2.57. The summed E-state index contributed by atoms with van der Waals surface area (Å²) in [5, 5.41) is 0. The fourth-order valence-electron chi connectivity index (χ4n) is 3.60. The van der Waals surface area contributed by atoms with E-state index in [0.717, 1.165) is 44.7 Å². The molecule has 1 aromatic carbocycles. The van der Waals surface area contributed by atoms with Gasteiger partial charge in [0.2, 0.25) is 0 Å². The van der Waals surface area contributed by atoms with Crippen LogP contribution >= 0.6 is 23.2 Å². The first-order valence-corrected chi connectivity index (χ1v) is 8.04. The zero-order chi connectivity index (χ0) is 13.9. The molecule has 3 aliphatic rings. The highest BCUT2D eigenvalue weighted by atomic mass is 35.5. The Morgan fingerprint density at radius 3 is 2.85 bits per heavy atom. The molecule has 0 aromatic heterocycles. The number of alkyl halides is 2. The maximum Gasteiger partial charge on any atom is 0.122 e. The number of hydrogen-bond acceptors (Lipinski definition) is 3. The summed E-state index contributed by atoms with van der Waals surface area (Å²) in [6.07, 6.45) is 2.05. The number of nitrogen functional groups attached to an aromatic ring is 1. The number of piperazine rings is 1. The third kappa shape index (κ3) is 2.16. The van der Waals surface area contributed by atoms with E-state index in [4.69, 9.17) is 28.9 Å². The molecule has 108 valence electrons. The summed E-state index contributed by atoms with van der Waals surface area (Å²) < 4.78 is -0.460. The van der Waals surface area contributed by atoms with Crippen LogP contribution in [0.1, 0.15) is 12.0 Å². The number of nitrogens with two attached hydrogens (primary N) is 1. The Hall–Kier alpha value is -0.640. The molecule has 2 aliphatic heterocycles. The van der Waals surface area contributed by atoms with E-state index in [1.807, 2.05) is 6.07 Å². The van der Waals surface area contributed by atoms with Crippen molar-refractivity contribution < 1.29 is 0 Å². The molecule has 5 heteroatoms. The van der Waals surface area contributed by atoms with Crippen LogP contribution in [0.2, 0.25) is 0 Å². The second kappa shape index (κ2) is 4.43. The van der Waals surface area contributed by atoms with Crippen LogP contribution in [0.25, 0.3) is 0 Å². The predicted octanol–water partition coefficient (Wildman–Crippen LogP) is 2.51. The van der Waals surface area contributed by atoms with Crippen LogP contribution in [0.4, 0.5) is 11.4 Å². The molecular formula is C15H19Cl2N3. The summed E-state index contributed by atoms with van der Waals surface area (Å²) >= 11 is 12.3. The fraction of sp³-hybridized carbons (Fsp3) is 0.600. The van der Waals surface area contributed by atoms with Gasteiger partial charge in [-0.1, -0.05) is 6.07 Å². The average molecular weight is 312 g/mol. The number of benzene rings is 1. The Morgan fingerprint density at radius 2 is 2.10 bits per heavy atom. The number of hydrogen-bond donors (Lipinski definition) is 1. The van der Waals surface area contributed by atoms with E-state index in [0.29, 0.717) is 12.0 Å². The first-order chi connectivity index (χ1) is 9.53. The van der Waals surface area contributed by atoms with Crippen molar-refractivity contribution in [2.75, 3.05) is 36.8 Å². The summed E-state index contributed by atoms with van der Waals surface area (Å²) in [4.78, 5) is 5.05. The average Bonchev–Trinajstić information content (AvgIpc) is 3.01. The lowest BCUT2D eigenvalue weighted by molar-refractivity contribution is 0.162. The summed E-state index contributed by atoms with van der Waals surface area (Å²) in [7, 11) is 0. The van der Waals surface area contributed by atoms with Gasteiger partial charge in [-0.15, -0.1) is 23.2 Å². The van der Waals surface area contributed by atoms with Gasteiger partial charge < -0.3 is 10.6 Å². The molecule has 0 spiro atoms. The molecule has 1 saturated heterocycles. The molecule has 20 heavy (non-hydrogen) atoms. The monoisotopic (exact) mass is 311 g/mol. The van der Waals surface area contributed by atoms with Crippen molar-refractivity contribution >= 4 is 34.6 Å². The van der Waals surface area contributed by atoms with E-state index < -0.39 is 4.33 Å². The molecule has 1 aliphatic carbocycles. The highest BCUT2D eigenvalue weighted by Gasteiger charge is 2.52. The smallest absolute Gasteiger partial charge is 0.122 e. The minimum Gasteiger partial charge on any atom is -0.399 e. The van der Waals surface area contributed by atoms with E-state index >= 15 is 0 Å². The van der Waals surface area contributed by atoms with Gasteiger partial charge in [-0.2, -0.15) is 0 Å².